The molecular formula is C15H13ClN2O6S. The molecule has 0 aliphatic carbocycles. The zero-order valence-corrected chi connectivity index (χ0v) is 14.1. The third-order valence-corrected chi connectivity index (χ3v) is 4.72. The molecule has 2 aromatic carbocycles. The lowest BCUT2D eigenvalue weighted by Gasteiger charge is -2.11. The number of benzene rings is 2. The van der Waals surface area contributed by atoms with Crippen molar-refractivity contribution in [2.24, 2.45) is 0 Å². The van der Waals surface area contributed by atoms with Gasteiger partial charge in [0.1, 0.15) is 6.61 Å². The number of aliphatic hydroxyl groups is 1. The highest BCUT2D eigenvalue weighted by Crippen LogP contribution is 2.24. The molecule has 2 rings (SSSR count). The highest BCUT2D eigenvalue weighted by molar-refractivity contribution is 7.92. The molecule has 0 bridgehead atoms. The van der Waals surface area contributed by atoms with Crippen molar-refractivity contribution < 1.29 is 28.2 Å². The molecule has 0 saturated heterocycles. The Balaban J connectivity index is 2.27. The molecule has 4 N–H and O–H groups in total. The number of aliphatic hydroxyl groups excluding tert-OH is 1. The maximum Gasteiger partial charge on any atom is 0.337 e. The van der Waals surface area contributed by atoms with E-state index in [0.29, 0.717) is 5.69 Å². The minimum Gasteiger partial charge on any atom is -0.478 e. The Kier molecular flexibility index (Phi) is 5.62. The van der Waals surface area contributed by atoms with Crippen molar-refractivity contribution in [1.29, 1.82) is 0 Å². The number of carbonyl (C=O) groups excluding carboxylic acids is 1. The van der Waals surface area contributed by atoms with Crippen LogP contribution in [0.2, 0.25) is 5.02 Å². The summed E-state index contributed by atoms with van der Waals surface area (Å²) in [6.07, 6.45) is 0. The van der Waals surface area contributed by atoms with E-state index in [1.165, 1.54) is 24.3 Å². The van der Waals surface area contributed by atoms with Crippen LogP contribution in [0.25, 0.3) is 0 Å². The van der Waals surface area contributed by atoms with Gasteiger partial charge in [-0.1, -0.05) is 17.7 Å². The number of carboxylic acids is 1. The van der Waals surface area contributed by atoms with Gasteiger partial charge in [-0.05, 0) is 36.4 Å². The summed E-state index contributed by atoms with van der Waals surface area (Å²) < 4.78 is 27.1. The summed E-state index contributed by atoms with van der Waals surface area (Å²) >= 11 is 5.79. The summed E-state index contributed by atoms with van der Waals surface area (Å²) in [7, 11) is -4.02. The molecular weight excluding hydrogens is 372 g/mol. The van der Waals surface area contributed by atoms with Crippen molar-refractivity contribution in [3.05, 3.63) is 53.1 Å². The smallest absolute Gasteiger partial charge is 0.337 e. The van der Waals surface area contributed by atoms with Crippen molar-refractivity contribution in [3.63, 3.8) is 0 Å². The minimum atomic E-state index is -4.02. The summed E-state index contributed by atoms with van der Waals surface area (Å²) in [5, 5.41) is 19.8. The number of amides is 1. The van der Waals surface area contributed by atoms with Crippen LogP contribution in [0.4, 0.5) is 11.4 Å². The molecule has 2 aromatic rings. The first-order valence-electron chi connectivity index (χ1n) is 6.79. The van der Waals surface area contributed by atoms with Crippen LogP contribution in [-0.4, -0.2) is 37.1 Å². The lowest BCUT2D eigenvalue weighted by Crippen LogP contribution is -2.16. The largest absolute Gasteiger partial charge is 0.478 e. The predicted molar refractivity (Wildman–Crippen MR) is 91.4 cm³/mol. The molecule has 25 heavy (non-hydrogen) atoms. The highest BCUT2D eigenvalue weighted by Gasteiger charge is 2.18. The molecule has 0 saturated carbocycles. The van der Waals surface area contributed by atoms with Crippen LogP contribution in [0.5, 0.6) is 0 Å². The van der Waals surface area contributed by atoms with Crippen LogP contribution in [0.15, 0.2) is 47.4 Å². The second-order valence-corrected chi connectivity index (χ2v) is 6.93. The molecule has 8 nitrogen and oxygen atoms in total. The fourth-order valence-corrected chi connectivity index (χ4v) is 3.31. The van der Waals surface area contributed by atoms with Crippen LogP contribution < -0.4 is 10.0 Å². The van der Waals surface area contributed by atoms with Crippen LogP contribution in [0.3, 0.4) is 0 Å². The van der Waals surface area contributed by atoms with Gasteiger partial charge in [0.15, 0.2) is 0 Å². The highest BCUT2D eigenvalue weighted by atomic mass is 35.5. The van der Waals surface area contributed by atoms with E-state index in [1.54, 1.807) is 0 Å². The molecule has 0 unspecified atom stereocenters. The molecule has 0 heterocycles. The maximum absolute atomic E-state index is 12.4. The summed E-state index contributed by atoms with van der Waals surface area (Å²) in [5.41, 5.74) is 0.238. The number of halogens is 1. The summed E-state index contributed by atoms with van der Waals surface area (Å²) in [4.78, 5) is 21.9. The predicted octanol–water partition coefficient (Wildman–Crippen LogP) is 1.77. The van der Waals surface area contributed by atoms with E-state index in [0.717, 1.165) is 18.2 Å². The minimum absolute atomic E-state index is 0.161. The molecule has 0 aliphatic rings. The first-order chi connectivity index (χ1) is 11.7. The number of anilines is 2. The van der Waals surface area contributed by atoms with Gasteiger partial charge >= 0.3 is 5.97 Å². The Hall–Kier alpha value is -2.62. The Morgan fingerprint density at radius 1 is 1.08 bits per heavy atom. The number of carboxylic acid groups (broad SMARTS) is 1. The molecule has 0 atom stereocenters. The number of carbonyl (C=O) groups is 2. The lowest BCUT2D eigenvalue weighted by atomic mass is 10.2. The van der Waals surface area contributed by atoms with E-state index < -0.39 is 28.5 Å². The van der Waals surface area contributed by atoms with Crippen molar-refractivity contribution in [2.45, 2.75) is 4.90 Å². The van der Waals surface area contributed by atoms with Gasteiger partial charge in [0, 0.05) is 5.69 Å². The van der Waals surface area contributed by atoms with Crippen molar-refractivity contribution in [1.82, 2.24) is 0 Å². The number of hydrogen-bond donors (Lipinski definition) is 4. The van der Waals surface area contributed by atoms with Crippen LogP contribution >= 0.6 is 11.6 Å². The summed E-state index contributed by atoms with van der Waals surface area (Å²) in [5.74, 6) is -1.91. The normalized spacial score (nSPS) is 11.0. The second kappa shape index (κ2) is 7.51. The van der Waals surface area contributed by atoms with Gasteiger partial charge in [0.05, 0.1) is 21.2 Å². The number of hydrogen-bond acceptors (Lipinski definition) is 5. The van der Waals surface area contributed by atoms with E-state index in [2.05, 4.69) is 10.0 Å². The monoisotopic (exact) mass is 384 g/mol. The standard InChI is InChI=1S/C15H13ClN2O6S/c16-13-7-11(4-5-12(13)15(21)22)25(23,24)18-10-3-1-2-9(6-10)17-14(20)8-19/h1-7,18-19H,8H2,(H,17,20)(H,21,22). The first kappa shape index (κ1) is 18.7. The van der Waals surface area contributed by atoms with Gasteiger partial charge < -0.3 is 15.5 Å². The Morgan fingerprint density at radius 2 is 1.76 bits per heavy atom. The molecule has 0 spiro atoms. The molecule has 1 amide bonds. The van der Waals surface area contributed by atoms with Crippen LogP contribution in [-0.2, 0) is 14.8 Å². The molecule has 0 radical (unpaired) electrons. The average molecular weight is 385 g/mol. The van der Waals surface area contributed by atoms with Crippen molar-refractivity contribution in [3.8, 4) is 0 Å². The number of aromatic carboxylic acids is 1. The topological polar surface area (TPSA) is 133 Å². The zero-order chi connectivity index (χ0) is 18.6. The van der Waals surface area contributed by atoms with Gasteiger partial charge in [-0.15, -0.1) is 0 Å². The fraction of sp³-hybridized carbons (Fsp3) is 0.0667. The lowest BCUT2D eigenvalue weighted by molar-refractivity contribution is -0.118. The number of sulfonamides is 1. The second-order valence-electron chi connectivity index (χ2n) is 4.84. The first-order valence-corrected chi connectivity index (χ1v) is 8.65. The van der Waals surface area contributed by atoms with E-state index in [1.807, 2.05) is 0 Å². The quantitative estimate of drug-likeness (QED) is 0.600. The SMILES string of the molecule is O=C(CO)Nc1cccc(NS(=O)(=O)c2ccc(C(=O)O)c(Cl)c2)c1. The van der Waals surface area contributed by atoms with E-state index in [-0.39, 0.29) is 21.2 Å². The molecule has 0 aliphatic heterocycles. The van der Waals surface area contributed by atoms with Gasteiger partial charge in [0.25, 0.3) is 10.0 Å². The molecule has 0 fully saturated rings. The zero-order valence-electron chi connectivity index (χ0n) is 12.6. The molecule has 132 valence electrons. The third-order valence-electron chi connectivity index (χ3n) is 3.02. The Morgan fingerprint density at radius 3 is 2.36 bits per heavy atom. The van der Waals surface area contributed by atoms with Crippen LogP contribution in [0, 0.1) is 0 Å². The summed E-state index contributed by atoms with van der Waals surface area (Å²) in [6, 6.07) is 9.09. The van der Waals surface area contributed by atoms with Gasteiger partial charge in [-0.25, -0.2) is 13.2 Å². The summed E-state index contributed by atoms with van der Waals surface area (Å²) in [6.45, 7) is -0.704. The Bertz CT molecular complexity index is 929. The maximum atomic E-state index is 12.4. The van der Waals surface area contributed by atoms with Crippen LogP contribution in [0.1, 0.15) is 10.4 Å². The third kappa shape index (κ3) is 4.69. The molecule has 10 heteroatoms. The van der Waals surface area contributed by atoms with Gasteiger partial charge in [-0.2, -0.15) is 0 Å². The van der Waals surface area contributed by atoms with E-state index in [9.17, 15) is 18.0 Å². The average Bonchev–Trinajstić information content (AvgIpc) is 2.54. The van der Waals surface area contributed by atoms with E-state index in [4.69, 9.17) is 21.8 Å². The fourth-order valence-electron chi connectivity index (χ4n) is 1.91. The van der Waals surface area contributed by atoms with Gasteiger partial charge in [0.2, 0.25) is 5.91 Å². The molecule has 0 aromatic heterocycles. The number of rotatable bonds is 6. The van der Waals surface area contributed by atoms with Crippen molar-refractivity contribution in [2.75, 3.05) is 16.6 Å². The number of nitrogens with one attached hydrogen (secondary N) is 2. The van der Waals surface area contributed by atoms with E-state index >= 15 is 0 Å². The van der Waals surface area contributed by atoms with Crippen molar-refractivity contribution >= 4 is 44.9 Å². The Labute approximate surface area is 148 Å². The van der Waals surface area contributed by atoms with Gasteiger partial charge in [-0.3, -0.25) is 9.52 Å².